The number of nitrogens with one attached hydrogen (secondary N) is 3. The van der Waals surface area contributed by atoms with E-state index in [1.54, 1.807) is 24.3 Å². The van der Waals surface area contributed by atoms with Crippen LogP contribution in [-0.4, -0.2) is 70.9 Å². The van der Waals surface area contributed by atoms with Crippen LogP contribution in [0.25, 0.3) is 11.1 Å². The maximum absolute atomic E-state index is 12.0. The molecular weight excluding hydrogens is 631 g/mol. The summed E-state index contributed by atoms with van der Waals surface area (Å²) in [7, 11) is 0. The summed E-state index contributed by atoms with van der Waals surface area (Å²) in [5.41, 5.74) is 2.01. The van der Waals surface area contributed by atoms with E-state index < -0.39 is 24.2 Å². The molecule has 2 heterocycles. The molecule has 16 heteroatoms. The lowest BCUT2D eigenvalue weighted by molar-refractivity contribution is -0.192. The normalized spacial score (nSPS) is 13.6. The summed E-state index contributed by atoms with van der Waals surface area (Å²) in [5, 5.41) is 25.4. The Morgan fingerprint density at radius 2 is 1.86 bits per heavy atom. The zero-order valence-electron chi connectivity index (χ0n) is 21.9. The molecule has 1 aromatic heterocycles. The fraction of sp³-hybridized carbons (Fsp3) is 0.346. The van der Waals surface area contributed by atoms with E-state index in [0.717, 1.165) is 29.5 Å². The average molecular weight is 658 g/mol. The van der Waals surface area contributed by atoms with Gasteiger partial charge < -0.3 is 30.0 Å². The molecule has 0 unspecified atom stereocenters. The number of aliphatic carboxylic acids is 2. The topological polar surface area (TPSA) is 175 Å². The molecule has 0 radical (unpaired) electrons. The number of carbonyl (C=O) groups excluding carboxylic acids is 1. The van der Waals surface area contributed by atoms with Crippen molar-refractivity contribution in [2.24, 2.45) is 4.99 Å². The number of hydrogen-bond acceptors (Lipinski definition) is 9. The fourth-order valence-corrected chi connectivity index (χ4v) is 3.85. The van der Waals surface area contributed by atoms with Gasteiger partial charge in [-0.1, -0.05) is 28.1 Å². The molecule has 226 valence electrons. The molecule has 42 heavy (non-hydrogen) atoms. The number of alkyl halides is 3. The number of aromatic nitrogens is 1. The van der Waals surface area contributed by atoms with Gasteiger partial charge in [-0.15, -0.1) is 0 Å². The third kappa shape index (κ3) is 10.6. The Hall–Kier alpha value is -4.34. The first-order valence-electron chi connectivity index (χ1n) is 12.6. The number of aliphatic imine (C=N–C) groups is 1. The number of carboxylic acid groups (broad SMARTS) is 2. The molecule has 0 spiro atoms. The third-order valence-corrected chi connectivity index (χ3v) is 6.02. The summed E-state index contributed by atoms with van der Waals surface area (Å²) in [6.45, 7) is 1.93. The highest BCUT2D eigenvalue weighted by Gasteiger charge is 2.38. The second kappa shape index (κ2) is 15.0. The first kappa shape index (κ1) is 32.2. The molecule has 2 aromatic carbocycles. The van der Waals surface area contributed by atoms with E-state index >= 15 is 0 Å². The summed E-state index contributed by atoms with van der Waals surface area (Å²) >= 11 is 3.38. The molecule has 5 N–H and O–H groups in total. The Morgan fingerprint density at radius 3 is 2.48 bits per heavy atom. The predicted octanol–water partition coefficient (Wildman–Crippen LogP) is 3.96. The van der Waals surface area contributed by atoms with Crippen molar-refractivity contribution in [2.75, 3.05) is 25.0 Å². The Bertz CT molecular complexity index is 1410. The minimum absolute atomic E-state index is 0.101. The van der Waals surface area contributed by atoms with E-state index in [1.807, 2.05) is 18.2 Å². The van der Waals surface area contributed by atoms with Crippen LogP contribution in [-0.2, 0) is 20.8 Å². The number of rotatable bonds is 10. The Kier molecular flexibility index (Phi) is 11.5. The van der Waals surface area contributed by atoms with Gasteiger partial charge in [-0.3, -0.25) is 15.1 Å². The summed E-state index contributed by atoms with van der Waals surface area (Å²) in [6, 6.07) is 11.8. The number of carboxylic acids is 2. The number of carbonyl (C=O) groups is 3. The maximum atomic E-state index is 12.0. The van der Waals surface area contributed by atoms with Gasteiger partial charge in [0.15, 0.2) is 11.5 Å². The monoisotopic (exact) mass is 657 g/mol. The molecule has 0 saturated heterocycles. The van der Waals surface area contributed by atoms with E-state index in [-0.39, 0.29) is 18.3 Å². The van der Waals surface area contributed by atoms with Gasteiger partial charge in [0.05, 0.1) is 6.61 Å². The molecule has 0 fully saturated rings. The molecule has 0 bridgehead atoms. The van der Waals surface area contributed by atoms with Gasteiger partial charge in [-0.25, -0.2) is 9.59 Å². The van der Waals surface area contributed by atoms with Crippen LogP contribution in [0.4, 0.5) is 19.2 Å². The number of fused-ring (bicyclic) bond motifs is 1. The van der Waals surface area contributed by atoms with Gasteiger partial charge in [-0.2, -0.15) is 18.2 Å². The maximum Gasteiger partial charge on any atom is 0.490 e. The van der Waals surface area contributed by atoms with Gasteiger partial charge in [0.1, 0.15) is 17.3 Å². The number of halogens is 4. The minimum Gasteiger partial charge on any atom is -0.494 e. The summed E-state index contributed by atoms with van der Waals surface area (Å²) in [4.78, 5) is 41.2. The number of amides is 1. The van der Waals surface area contributed by atoms with E-state index in [9.17, 15) is 27.9 Å². The second-order valence-corrected chi connectivity index (χ2v) is 9.74. The zero-order chi connectivity index (χ0) is 30.7. The minimum atomic E-state index is -5.08. The van der Waals surface area contributed by atoms with Crippen molar-refractivity contribution >= 4 is 56.8 Å². The van der Waals surface area contributed by atoms with Crippen LogP contribution in [0.5, 0.6) is 5.75 Å². The van der Waals surface area contributed by atoms with Gasteiger partial charge >= 0.3 is 18.1 Å². The molecular formula is C26H27BrF3N5O7. The molecule has 0 aliphatic carbocycles. The standard InChI is InChI=1S/C24H26BrN5O5.C2HF3O2/c25-16-6-9-20-18(14-16)28-24(35-20)29-19(22(32)33)13-15-4-7-17(8-5-15)34-12-1-3-21(31)30-23-26-10-2-11-27-23;3-2(4,5)1(6)7/h4-9,14,19H,1-3,10-13H2,(H,28,29)(H,32,33)(H2,26,27,30,31);(H,6,7)/t19-;/m0./s1. The molecule has 3 aromatic rings. The summed E-state index contributed by atoms with van der Waals surface area (Å²) < 4.78 is 43.9. The number of hydrogen-bond donors (Lipinski definition) is 5. The number of oxazole rings is 1. The SMILES string of the molecule is O=C(CCCOc1ccc(C[C@H](Nc2nc3cc(Br)ccc3o2)C(=O)O)cc1)NC1=NCCCN1.O=C(O)C(F)(F)F. The van der Waals surface area contributed by atoms with Gasteiger partial charge in [0, 0.05) is 30.4 Å². The van der Waals surface area contributed by atoms with Gasteiger partial charge in [-0.05, 0) is 48.7 Å². The Morgan fingerprint density at radius 1 is 1.14 bits per heavy atom. The quantitative estimate of drug-likeness (QED) is 0.201. The van der Waals surface area contributed by atoms with E-state index in [1.165, 1.54) is 0 Å². The lowest BCUT2D eigenvalue weighted by atomic mass is 10.1. The first-order valence-corrected chi connectivity index (χ1v) is 13.4. The van der Waals surface area contributed by atoms with Crippen LogP contribution in [0.15, 0.2) is 56.3 Å². The molecule has 4 rings (SSSR count). The average Bonchev–Trinajstić information content (AvgIpc) is 3.33. The number of guanidine groups is 1. The van der Waals surface area contributed by atoms with E-state index in [0.29, 0.717) is 42.3 Å². The number of benzene rings is 2. The van der Waals surface area contributed by atoms with Crippen LogP contribution in [0.3, 0.4) is 0 Å². The van der Waals surface area contributed by atoms with Crippen LogP contribution >= 0.6 is 15.9 Å². The summed E-state index contributed by atoms with van der Waals surface area (Å²) in [6.07, 6.45) is -2.99. The molecule has 12 nitrogen and oxygen atoms in total. The van der Waals surface area contributed by atoms with Crippen LogP contribution < -0.4 is 20.7 Å². The van der Waals surface area contributed by atoms with Gasteiger partial charge in [0.25, 0.3) is 6.01 Å². The third-order valence-electron chi connectivity index (χ3n) is 5.52. The number of ether oxygens (including phenoxy) is 1. The Balaban J connectivity index is 0.000000616. The van der Waals surface area contributed by atoms with Crippen molar-refractivity contribution in [1.82, 2.24) is 15.6 Å². The molecule has 1 atom stereocenters. The van der Waals surface area contributed by atoms with Crippen molar-refractivity contribution in [3.05, 3.63) is 52.5 Å². The van der Waals surface area contributed by atoms with Crippen molar-refractivity contribution in [1.29, 1.82) is 0 Å². The van der Waals surface area contributed by atoms with Crippen molar-refractivity contribution in [3.63, 3.8) is 0 Å². The lowest BCUT2D eigenvalue weighted by Gasteiger charge is -2.15. The molecule has 1 aliphatic rings. The number of nitrogens with zero attached hydrogens (tertiary/aromatic N) is 2. The zero-order valence-corrected chi connectivity index (χ0v) is 23.5. The molecule has 1 aliphatic heterocycles. The smallest absolute Gasteiger partial charge is 0.490 e. The van der Waals surface area contributed by atoms with Gasteiger partial charge in [0.2, 0.25) is 5.91 Å². The number of anilines is 1. The van der Waals surface area contributed by atoms with Crippen molar-refractivity contribution < 1.29 is 46.9 Å². The first-order chi connectivity index (χ1) is 19.9. The second-order valence-electron chi connectivity index (χ2n) is 8.83. The fourth-order valence-electron chi connectivity index (χ4n) is 3.50. The van der Waals surface area contributed by atoms with E-state index in [2.05, 4.69) is 41.9 Å². The Labute approximate surface area is 245 Å². The highest BCUT2D eigenvalue weighted by atomic mass is 79.9. The van der Waals surface area contributed by atoms with Crippen LogP contribution in [0.1, 0.15) is 24.8 Å². The highest BCUT2D eigenvalue weighted by molar-refractivity contribution is 9.10. The van der Waals surface area contributed by atoms with Crippen LogP contribution in [0, 0.1) is 0 Å². The van der Waals surface area contributed by atoms with E-state index in [4.69, 9.17) is 19.1 Å². The largest absolute Gasteiger partial charge is 0.494 e. The lowest BCUT2D eigenvalue weighted by Crippen LogP contribution is -2.43. The predicted molar refractivity (Wildman–Crippen MR) is 148 cm³/mol. The molecule has 0 saturated carbocycles. The molecule has 1 amide bonds. The van der Waals surface area contributed by atoms with Crippen molar-refractivity contribution in [3.8, 4) is 5.75 Å². The summed E-state index contributed by atoms with van der Waals surface area (Å²) in [5.74, 6) is -2.68. The van der Waals surface area contributed by atoms with Crippen LogP contribution in [0.2, 0.25) is 0 Å². The highest BCUT2D eigenvalue weighted by Crippen LogP contribution is 2.23. The van der Waals surface area contributed by atoms with Crippen molar-refractivity contribution in [2.45, 2.75) is 37.9 Å².